The third-order valence-electron chi connectivity index (χ3n) is 4.42. The molecule has 26 heavy (non-hydrogen) atoms. The second-order valence-electron chi connectivity index (χ2n) is 6.13. The topological polar surface area (TPSA) is 40.6 Å². The van der Waals surface area contributed by atoms with Crippen LogP contribution in [0.4, 0.5) is 10.1 Å². The summed E-state index contributed by atoms with van der Waals surface area (Å²) in [5, 5.41) is 0.789. The highest BCUT2D eigenvalue weighted by molar-refractivity contribution is 6.36. The van der Waals surface area contributed by atoms with Gasteiger partial charge in [-0.3, -0.25) is 9.59 Å². The van der Waals surface area contributed by atoms with E-state index in [-0.39, 0.29) is 11.7 Å². The quantitative estimate of drug-likeness (QED) is 0.728. The van der Waals surface area contributed by atoms with E-state index in [0.717, 1.165) is 0 Å². The Labute approximate surface area is 161 Å². The molecule has 1 aliphatic rings. The molecule has 7 heteroatoms. The number of halogens is 3. The summed E-state index contributed by atoms with van der Waals surface area (Å²) < 4.78 is 14.3. The van der Waals surface area contributed by atoms with Gasteiger partial charge in [-0.05, 0) is 43.3 Å². The molecule has 1 heterocycles. The van der Waals surface area contributed by atoms with Gasteiger partial charge in [0.25, 0.3) is 5.91 Å². The lowest BCUT2D eigenvalue weighted by Crippen LogP contribution is -2.49. The summed E-state index contributed by atoms with van der Waals surface area (Å²) in [4.78, 5) is 27.5. The normalized spacial score (nSPS) is 14.5. The van der Waals surface area contributed by atoms with Crippen LogP contribution in [-0.2, 0) is 0 Å². The van der Waals surface area contributed by atoms with Gasteiger partial charge in [-0.15, -0.1) is 0 Å². The Kier molecular flexibility index (Phi) is 5.49. The lowest BCUT2D eigenvalue weighted by Gasteiger charge is -2.36. The molecule has 0 unspecified atom stereocenters. The summed E-state index contributed by atoms with van der Waals surface area (Å²) in [7, 11) is 0. The molecule has 0 aromatic heterocycles. The number of hydrogen-bond acceptors (Lipinski definition) is 3. The number of carbonyl (C=O) groups excluding carboxylic acids is 2. The summed E-state index contributed by atoms with van der Waals surface area (Å²) in [6, 6.07) is 9.26. The molecular weight excluding hydrogens is 378 g/mol. The lowest BCUT2D eigenvalue weighted by atomic mass is 10.1. The molecule has 0 spiro atoms. The fourth-order valence-corrected chi connectivity index (χ4v) is 3.46. The van der Waals surface area contributed by atoms with E-state index >= 15 is 0 Å². The van der Waals surface area contributed by atoms with Crippen LogP contribution in [0.2, 0.25) is 10.0 Å². The average Bonchev–Trinajstić information content (AvgIpc) is 2.61. The Morgan fingerprint density at radius 2 is 1.69 bits per heavy atom. The van der Waals surface area contributed by atoms with Crippen molar-refractivity contribution in [2.24, 2.45) is 0 Å². The fraction of sp³-hybridized carbons (Fsp3) is 0.263. The van der Waals surface area contributed by atoms with Crippen LogP contribution >= 0.6 is 23.2 Å². The molecule has 0 atom stereocenters. The number of rotatable bonds is 3. The summed E-state index contributed by atoms with van der Waals surface area (Å²) in [5.74, 6) is -0.775. The van der Waals surface area contributed by atoms with Gasteiger partial charge in [-0.1, -0.05) is 23.2 Å². The Hall–Kier alpha value is -2.11. The van der Waals surface area contributed by atoms with Crippen LogP contribution in [0.1, 0.15) is 27.6 Å². The highest BCUT2D eigenvalue weighted by Gasteiger charge is 2.25. The van der Waals surface area contributed by atoms with Crippen LogP contribution in [0.3, 0.4) is 0 Å². The first-order valence-corrected chi connectivity index (χ1v) is 8.92. The maximum Gasteiger partial charge on any atom is 0.255 e. The van der Waals surface area contributed by atoms with Crippen molar-refractivity contribution in [2.45, 2.75) is 6.92 Å². The van der Waals surface area contributed by atoms with Gasteiger partial charge in [0.1, 0.15) is 5.82 Å². The standard InChI is InChI=1S/C19H17Cl2FN2O2/c1-12(25)13-2-5-18(17(22)10-13)23-6-8-24(9-7-23)19(26)15-4-3-14(20)11-16(15)21/h2-5,10-11H,6-9H2,1H3. The lowest BCUT2D eigenvalue weighted by molar-refractivity contribution is 0.0746. The second-order valence-corrected chi connectivity index (χ2v) is 6.97. The van der Waals surface area contributed by atoms with Crippen molar-refractivity contribution in [3.05, 3.63) is 63.4 Å². The zero-order valence-corrected chi connectivity index (χ0v) is 15.6. The highest BCUT2D eigenvalue weighted by Crippen LogP contribution is 2.25. The van der Waals surface area contributed by atoms with Crippen molar-refractivity contribution in [1.29, 1.82) is 0 Å². The number of piperazine rings is 1. The van der Waals surface area contributed by atoms with Gasteiger partial charge in [0.2, 0.25) is 0 Å². The van der Waals surface area contributed by atoms with E-state index in [1.54, 1.807) is 35.2 Å². The zero-order chi connectivity index (χ0) is 18.8. The fourth-order valence-electron chi connectivity index (χ4n) is 2.97. The minimum atomic E-state index is -0.432. The van der Waals surface area contributed by atoms with Crippen molar-refractivity contribution in [3.8, 4) is 0 Å². The number of anilines is 1. The summed E-state index contributed by atoms with van der Waals surface area (Å²) >= 11 is 12.0. The third kappa shape index (κ3) is 3.84. The smallest absolute Gasteiger partial charge is 0.255 e. The van der Waals surface area contributed by atoms with Crippen molar-refractivity contribution >= 4 is 40.6 Å². The van der Waals surface area contributed by atoms with E-state index < -0.39 is 5.82 Å². The number of ketones is 1. The van der Waals surface area contributed by atoms with Crippen LogP contribution < -0.4 is 4.90 Å². The Morgan fingerprint density at radius 3 is 2.27 bits per heavy atom. The molecule has 1 aliphatic heterocycles. The monoisotopic (exact) mass is 394 g/mol. The molecule has 0 aliphatic carbocycles. The van der Waals surface area contributed by atoms with Gasteiger partial charge >= 0.3 is 0 Å². The van der Waals surface area contributed by atoms with Crippen molar-refractivity contribution in [2.75, 3.05) is 31.1 Å². The van der Waals surface area contributed by atoms with Crippen molar-refractivity contribution in [3.63, 3.8) is 0 Å². The predicted octanol–water partition coefficient (Wildman–Crippen LogP) is 4.30. The SMILES string of the molecule is CC(=O)c1ccc(N2CCN(C(=O)c3ccc(Cl)cc3Cl)CC2)c(F)c1. The van der Waals surface area contributed by atoms with Gasteiger partial charge in [0.15, 0.2) is 5.78 Å². The third-order valence-corrected chi connectivity index (χ3v) is 4.97. The van der Waals surface area contributed by atoms with Gasteiger partial charge in [-0.25, -0.2) is 4.39 Å². The Morgan fingerprint density at radius 1 is 1.00 bits per heavy atom. The number of hydrogen-bond donors (Lipinski definition) is 0. The summed E-state index contributed by atoms with van der Waals surface area (Å²) in [6.07, 6.45) is 0. The second kappa shape index (κ2) is 7.64. The highest BCUT2D eigenvalue weighted by atomic mass is 35.5. The van der Waals surface area contributed by atoms with Crippen LogP contribution in [0.15, 0.2) is 36.4 Å². The number of carbonyl (C=O) groups is 2. The van der Waals surface area contributed by atoms with Crippen LogP contribution in [0.5, 0.6) is 0 Å². The van der Waals surface area contributed by atoms with E-state index in [4.69, 9.17) is 23.2 Å². The molecule has 0 N–H and O–H groups in total. The molecule has 0 bridgehead atoms. The predicted molar refractivity (Wildman–Crippen MR) is 101 cm³/mol. The van der Waals surface area contributed by atoms with E-state index in [0.29, 0.717) is 53.0 Å². The Bertz CT molecular complexity index is 865. The number of Topliss-reactive ketones (excluding diaryl/α,β-unsaturated/α-hetero) is 1. The molecule has 4 nitrogen and oxygen atoms in total. The minimum absolute atomic E-state index is 0.168. The van der Waals surface area contributed by atoms with Crippen molar-refractivity contribution < 1.29 is 14.0 Å². The molecular formula is C19H17Cl2FN2O2. The molecule has 1 amide bonds. The largest absolute Gasteiger partial charge is 0.366 e. The first kappa shape index (κ1) is 18.7. The molecule has 2 aromatic carbocycles. The van der Waals surface area contributed by atoms with Gasteiger partial charge in [0, 0.05) is 36.8 Å². The van der Waals surface area contributed by atoms with Gasteiger partial charge in [-0.2, -0.15) is 0 Å². The number of amides is 1. The summed E-state index contributed by atoms with van der Waals surface area (Å²) in [5.41, 5.74) is 1.19. The van der Waals surface area contributed by atoms with Crippen LogP contribution in [0.25, 0.3) is 0 Å². The maximum absolute atomic E-state index is 14.3. The van der Waals surface area contributed by atoms with Gasteiger partial charge < -0.3 is 9.80 Å². The van der Waals surface area contributed by atoms with E-state index in [1.165, 1.54) is 13.0 Å². The first-order chi connectivity index (χ1) is 12.4. The molecule has 0 saturated carbocycles. The molecule has 136 valence electrons. The average molecular weight is 395 g/mol. The summed E-state index contributed by atoms with van der Waals surface area (Å²) in [6.45, 7) is 3.29. The molecule has 3 rings (SSSR count). The van der Waals surface area contributed by atoms with E-state index in [9.17, 15) is 14.0 Å². The van der Waals surface area contributed by atoms with Crippen LogP contribution in [0, 0.1) is 5.82 Å². The molecule has 2 aromatic rings. The number of nitrogens with zero attached hydrogens (tertiary/aromatic N) is 2. The van der Waals surface area contributed by atoms with E-state index in [2.05, 4.69) is 0 Å². The van der Waals surface area contributed by atoms with Crippen LogP contribution in [-0.4, -0.2) is 42.8 Å². The number of benzene rings is 2. The zero-order valence-electron chi connectivity index (χ0n) is 14.1. The van der Waals surface area contributed by atoms with Gasteiger partial charge in [0.05, 0.1) is 16.3 Å². The molecule has 1 fully saturated rings. The van der Waals surface area contributed by atoms with Crippen molar-refractivity contribution in [1.82, 2.24) is 4.90 Å². The molecule has 1 saturated heterocycles. The maximum atomic E-state index is 14.3. The van der Waals surface area contributed by atoms with E-state index in [1.807, 2.05) is 4.90 Å². The molecule has 0 radical (unpaired) electrons. The Balaban J connectivity index is 1.69. The first-order valence-electron chi connectivity index (χ1n) is 8.16. The minimum Gasteiger partial charge on any atom is -0.366 e.